The lowest BCUT2D eigenvalue weighted by atomic mass is 10.0. The molecular weight excluding hydrogens is 442 g/mol. The second-order valence-corrected chi connectivity index (χ2v) is 7.66. The minimum absolute atomic E-state index is 0.0489. The van der Waals surface area contributed by atoms with E-state index in [4.69, 9.17) is 26.2 Å². The third-order valence-corrected chi connectivity index (χ3v) is 4.51. The zero-order chi connectivity index (χ0) is 24.1. The Morgan fingerprint density at radius 3 is 2.22 bits per heavy atom. The molecule has 11 heteroatoms. The normalized spacial score (nSPS) is 13.5. The molecule has 0 fully saturated rings. The fourth-order valence-corrected chi connectivity index (χ4v) is 2.76. The maximum absolute atomic E-state index is 12.6. The molecule has 3 atom stereocenters. The maximum Gasteiger partial charge on any atom is 0.408 e. The van der Waals surface area contributed by atoms with Gasteiger partial charge in [-0.25, -0.2) is 4.79 Å². The van der Waals surface area contributed by atoms with Crippen molar-refractivity contribution < 1.29 is 33.8 Å². The van der Waals surface area contributed by atoms with Gasteiger partial charge in [-0.3, -0.25) is 14.4 Å². The van der Waals surface area contributed by atoms with E-state index in [1.54, 1.807) is 26.0 Å². The van der Waals surface area contributed by atoms with Crippen LogP contribution in [0, 0.1) is 5.92 Å². The van der Waals surface area contributed by atoms with Gasteiger partial charge in [0, 0.05) is 0 Å². The lowest BCUT2D eigenvalue weighted by Crippen LogP contribution is -2.55. The standard InChI is InChI=1S/C21H30ClN3O7/c1-13(2)18(25-21(30)32-10-15-7-5-4-6-8-15)20(29)23-14(3)19(28)24-16(9-17(26)27)11-31-12-22/h4-8,13-14,16,18H,9-12H2,1-3H3,(H,23,29)(H,24,28)(H,25,30)(H,26,27)/t14-,16-,18-/m0/s1. The molecule has 0 aromatic heterocycles. The Morgan fingerprint density at radius 1 is 1.00 bits per heavy atom. The number of rotatable bonds is 13. The summed E-state index contributed by atoms with van der Waals surface area (Å²) in [6.07, 6.45) is -1.13. The first-order valence-corrected chi connectivity index (χ1v) is 10.6. The van der Waals surface area contributed by atoms with Crippen molar-refractivity contribution in [1.29, 1.82) is 0 Å². The van der Waals surface area contributed by atoms with E-state index in [0.29, 0.717) is 0 Å². The van der Waals surface area contributed by atoms with Crippen LogP contribution in [0.5, 0.6) is 0 Å². The van der Waals surface area contributed by atoms with E-state index < -0.39 is 42.0 Å². The smallest absolute Gasteiger partial charge is 0.408 e. The number of hydrogen-bond donors (Lipinski definition) is 4. The highest BCUT2D eigenvalue weighted by Crippen LogP contribution is 2.05. The van der Waals surface area contributed by atoms with Crippen molar-refractivity contribution in [2.24, 2.45) is 5.92 Å². The van der Waals surface area contributed by atoms with Gasteiger partial charge in [-0.1, -0.05) is 55.8 Å². The Labute approximate surface area is 192 Å². The van der Waals surface area contributed by atoms with Crippen LogP contribution < -0.4 is 16.0 Å². The molecule has 10 nitrogen and oxygen atoms in total. The summed E-state index contributed by atoms with van der Waals surface area (Å²) in [6, 6.07) is 6.18. The predicted molar refractivity (Wildman–Crippen MR) is 117 cm³/mol. The molecule has 0 aliphatic heterocycles. The molecule has 3 amide bonds. The number of carbonyl (C=O) groups is 4. The van der Waals surface area contributed by atoms with Gasteiger partial charge in [-0.05, 0) is 18.4 Å². The molecule has 0 saturated carbocycles. The average Bonchev–Trinajstić information content (AvgIpc) is 2.74. The number of halogens is 1. The van der Waals surface area contributed by atoms with Gasteiger partial charge in [0.25, 0.3) is 0 Å². The first kappa shape index (κ1) is 27.2. The summed E-state index contributed by atoms with van der Waals surface area (Å²) in [5.74, 6) is -2.59. The lowest BCUT2D eigenvalue weighted by molar-refractivity contribution is -0.138. The number of nitrogens with one attached hydrogen (secondary N) is 3. The van der Waals surface area contributed by atoms with E-state index in [1.165, 1.54) is 6.92 Å². The largest absolute Gasteiger partial charge is 0.481 e. The van der Waals surface area contributed by atoms with Crippen LogP contribution in [0.1, 0.15) is 32.8 Å². The van der Waals surface area contributed by atoms with Crippen LogP contribution >= 0.6 is 11.6 Å². The van der Waals surface area contributed by atoms with E-state index in [0.717, 1.165) is 5.56 Å². The molecule has 0 saturated heterocycles. The molecule has 0 heterocycles. The average molecular weight is 472 g/mol. The second-order valence-electron chi connectivity index (χ2n) is 7.44. The van der Waals surface area contributed by atoms with Crippen molar-refractivity contribution >= 4 is 35.5 Å². The zero-order valence-electron chi connectivity index (χ0n) is 18.3. The number of hydrogen-bond acceptors (Lipinski definition) is 6. The highest BCUT2D eigenvalue weighted by molar-refractivity contribution is 6.17. The Morgan fingerprint density at radius 2 is 1.66 bits per heavy atom. The van der Waals surface area contributed by atoms with Crippen molar-refractivity contribution in [2.75, 3.05) is 12.7 Å². The van der Waals surface area contributed by atoms with Crippen molar-refractivity contribution in [3.05, 3.63) is 35.9 Å². The van der Waals surface area contributed by atoms with E-state index in [2.05, 4.69) is 16.0 Å². The van der Waals surface area contributed by atoms with Gasteiger partial charge < -0.3 is 30.5 Å². The molecule has 32 heavy (non-hydrogen) atoms. The van der Waals surface area contributed by atoms with Crippen molar-refractivity contribution in [3.63, 3.8) is 0 Å². The van der Waals surface area contributed by atoms with Gasteiger partial charge >= 0.3 is 12.1 Å². The number of benzene rings is 1. The summed E-state index contributed by atoms with van der Waals surface area (Å²) in [6.45, 7) is 4.87. The quantitative estimate of drug-likeness (QED) is 0.320. The van der Waals surface area contributed by atoms with E-state index in [9.17, 15) is 19.2 Å². The minimum atomic E-state index is -1.12. The molecule has 1 rings (SSSR count). The first-order valence-electron chi connectivity index (χ1n) is 10.1. The predicted octanol–water partition coefficient (Wildman–Crippen LogP) is 1.61. The maximum atomic E-state index is 12.6. The van der Waals surface area contributed by atoms with Gasteiger partial charge in [0.05, 0.1) is 19.1 Å². The number of aliphatic carboxylic acids is 1. The zero-order valence-corrected chi connectivity index (χ0v) is 19.1. The SMILES string of the molecule is CC(C)[C@H](NC(=O)OCc1ccccc1)C(=O)N[C@@H](C)C(=O)N[C@H](COCCl)CC(=O)O. The number of alkyl carbamates (subject to hydrolysis) is 1. The molecule has 0 radical (unpaired) electrons. The molecule has 0 aliphatic rings. The number of alkyl halides is 1. The van der Waals surface area contributed by atoms with E-state index >= 15 is 0 Å². The Hall–Kier alpha value is -2.85. The monoisotopic (exact) mass is 471 g/mol. The molecule has 1 aromatic rings. The number of carbonyl (C=O) groups excluding carboxylic acids is 3. The minimum Gasteiger partial charge on any atom is -0.481 e. The third-order valence-electron chi connectivity index (χ3n) is 4.35. The summed E-state index contributed by atoms with van der Waals surface area (Å²) in [7, 11) is 0. The molecule has 0 spiro atoms. The number of amides is 3. The Kier molecular flexibility index (Phi) is 12.1. The molecule has 1 aromatic carbocycles. The van der Waals surface area contributed by atoms with Gasteiger partial charge in [0.2, 0.25) is 11.8 Å². The fourth-order valence-electron chi connectivity index (χ4n) is 2.67. The molecule has 0 bridgehead atoms. The van der Waals surface area contributed by atoms with Crippen molar-refractivity contribution in [3.8, 4) is 0 Å². The van der Waals surface area contributed by atoms with Crippen LogP contribution in [0.3, 0.4) is 0 Å². The number of carboxylic acids is 1. The highest BCUT2D eigenvalue weighted by atomic mass is 35.5. The second kappa shape index (κ2) is 14.3. The van der Waals surface area contributed by atoms with Crippen LogP contribution in [0.2, 0.25) is 0 Å². The van der Waals surface area contributed by atoms with Gasteiger partial charge in [-0.2, -0.15) is 0 Å². The van der Waals surface area contributed by atoms with Crippen molar-refractivity contribution in [2.45, 2.75) is 51.9 Å². The van der Waals surface area contributed by atoms with Gasteiger partial charge in [-0.15, -0.1) is 0 Å². The van der Waals surface area contributed by atoms with Crippen LogP contribution in [-0.4, -0.2) is 59.8 Å². The number of carboxylic acid groups (broad SMARTS) is 1. The lowest BCUT2D eigenvalue weighted by Gasteiger charge is -2.24. The molecule has 0 unspecified atom stereocenters. The van der Waals surface area contributed by atoms with Crippen LogP contribution in [0.15, 0.2) is 30.3 Å². The van der Waals surface area contributed by atoms with E-state index in [-0.39, 0.29) is 31.6 Å². The first-order chi connectivity index (χ1) is 15.1. The molecule has 178 valence electrons. The van der Waals surface area contributed by atoms with E-state index in [1.807, 2.05) is 18.2 Å². The van der Waals surface area contributed by atoms with Crippen LogP contribution in [0.25, 0.3) is 0 Å². The summed E-state index contributed by atoms with van der Waals surface area (Å²) < 4.78 is 10.1. The van der Waals surface area contributed by atoms with Crippen LogP contribution in [0.4, 0.5) is 4.79 Å². The summed E-state index contributed by atoms with van der Waals surface area (Å²) in [4.78, 5) is 48.1. The van der Waals surface area contributed by atoms with Crippen molar-refractivity contribution in [1.82, 2.24) is 16.0 Å². The summed E-state index contributed by atoms with van der Waals surface area (Å²) >= 11 is 5.43. The third kappa shape index (κ3) is 10.5. The Bertz CT molecular complexity index is 761. The highest BCUT2D eigenvalue weighted by Gasteiger charge is 2.28. The van der Waals surface area contributed by atoms with Gasteiger partial charge in [0.1, 0.15) is 24.8 Å². The number of ether oxygens (including phenoxy) is 2. The van der Waals surface area contributed by atoms with Gasteiger partial charge in [0.15, 0.2) is 0 Å². The molecule has 0 aliphatic carbocycles. The Balaban J connectivity index is 2.62. The topological polar surface area (TPSA) is 143 Å². The van der Waals surface area contributed by atoms with Crippen LogP contribution in [-0.2, 0) is 30.5 Å². The molecule has 4 N–H and O–H groups in total. The summed E-state index contributed by atoms with van der Waals surface area (Å²) in [5, 5.41) is 16.5. The molecular formula is C21H30ClN3O7. The summed E-state index contributed by atoms with van der Waals surface area (Å²) in [5.41, 5.74) is 0.799. The fraction of sp³-hybridized carbons (Fsp3) is 0.524.